The zero-order chi connectivity index (χ0) is 33.3. The lowest BCUT2D eigenvalue weighted by molar-refractivity contribution is -0.165. The van der Waals surface area contributed by atoms with Gasteiger partial charge in [-0.05, 0) is 72.3 Å². The van der Waals surface area contributed by atoms with E-state index in [1.165, 1.54) is 24.5 Å². The second-order valence-electron chi connectivity index (χ2n) is 12.7. The number of nitrogens with one attached hydrogen (secondary N) is 2. The van der Waals surface area contributed by atoms with Crippen LogP contribution in [-0.4, -0.2) is 55.7 Å². The van der Waals surface area contributed by atoms with Crippen molar-refractivity contribution < 1.29 is 36.3 Å². The Hall–Kier alpha value is -2.94. The van der Waals surface area contributed by atoms with Crippen molar-refractivity contribution in [2.75, 3.05) is 13.7 Å². The zero-order valence-corrected chi connectivity index (χ0v) is 28.3. The zero-order valence-electron chi connectivity index (χ0n) is 25.9. The van der Waals surface area contributed by atoms with Crippen molar-refractivity contribution in [3.8, 4) is 0 Å². The Morgan fingerprint density at radius 1 is 1.13 bits per heavy atom. The van der Waals surface area contributed by atoms with Crippen molar-refractivity contribution in [3.63, 3.8) is 0 Å². The molecule has 4 rings (SSSR count). The van der Waals surface area contributed by atoms with E-state index in [-0.39, 0.29) is 36.4 Å². The fraction of sp³-hybridized carbons (Fsp3) is 0.533. The van der Waals surface area contributed by atoms with Gasteiger partial charge in [0.05, 0.1) is 28.4 Å². The molecule has 2 N–H and O–H groups in total. The molecule has 1 aliphatic carbocycles. The van der Waals surface area contributed by atoms with Crippen LogP contribution in [-0.2, 0) is 29.1 Å². The lowest BCUT2D eigenvalue weighted by Crippen LogP contribution is -2.46. The number of carbonyl (C=O) groups excluding carboxylic acids is 2. The molecule has 0 bridgehead atoms. The van der Waals surface area contributed by atoms with E-state index >= 15 is 0 Å². The first-order valence-electron chi connectivity index (χ1n) is 14.4. The van der Waals surface area contributed by atoms with Gasteiger partial charge in [0.25, 0.3) is 0 Å². The number of methoxy groups -OCH3 is 1. The molecule has 45 heavy (non-hydrogen) atoms. The maximum absolute atomic E-state index is 14.6. The summed E-state index contributed by atoms with van der Waals surface area (Å²) in [5.41, 5.74) is -1.24. The number of benzene rings is 1. The molecule has 1 atom stereocenters. The highest BCUT2D eigenvalue weighted by Crippen LogP contribution is 2.42. The van der Waals surface area contributed by atoms with Crippen molar-refractivity contribution in [2.24, 2.45) is 16.3 Å². The molecule has 1 aliphatic heterocycles. The average molecular weight is 687 g/mol. The molecule has 2 heterocycles. The predicted molar refractivity (Wildman–Crippen MR) is 167 cm³/mol. The van der Waals surface area contributed by atoms with Crippen LogP contribution >= 0.6 is 22.9 Å². The van der Waals surface area contributed by atoms with Gasteiger partial charge >= 0.3 is 11.9 Å². The number of amidine groups is 1. The average Bonchev–Trinajstić information content (AvgIpc) is 3.53. The third-order valence-corrected chi connectivity index (χ3v) is 10.7. The second-order valence-corrected chi connectivity index (χ2v) is 16.0. The van der Waals surface area contributed by atoms with Crippen molar-refractivity contribution in [2.45, 2.75) is 77.2 Å². The van der Waals surface area contributed by atoms with Crippen molar-refractivity contribution in [3.05, 3.63) is 62.2 Å². The summed E-state index contributed by atoms with van der Waals surface area (Å²) in [6.07, 6.45) is 2.83. The number of halogens is 3. The Kier molecular flexibility index (Phi) is 10.4. The van der Waals surface area contributed by atoms with Crippen LogP contribution < -0.4 is 10.0 Å². The monoisotopic (exact) mass is 686 g/mol. The topological polar surface area (TPSA) is 136 Å². The van der Waals surface area contributed by atoms with Gasteiger partial charge in [-0.2, -0.15) is 0 Å². The van der Waals surface area contributed by atoms with Gasteiger partial charge in [-0.1, -0.05) is 17.7 Å². The van der Waals surface area contributed by atoms with Crippen molar-refractivity contribution in [1.29, 1.82) is 0 Å². The van der Waals surface area contributed by atoms with Gasteiger partial charge in [0, 0.05) is 29.4 Å². The third-order valence-electron chi connectivity index (χ3n) is 7.66. The number of aromatic nitrogens is 1. The first-order valence-corrected chi connectivity index (χ1v) is 17.2. The van der Waals surface area contributed by atoms with Crippen LogP contribution in [0, 0.1) is 23.0 Å². The van der Waals surface area contributed by atoms with Crippen LogP contribution in [0.2, 0.25) is 5.02 Å². The molecule has 2 aromatic rings. The minimum atomic E-state index is -3.81. The fourth-order valence-corrected chi connectivity index (χ4v) is 7.73. The molecule has 246 valence electrons. The minimum Gasteiger partial charge on any atom is -0.466 e. The number of ether oxygens (including phenoxy) is 2. The summed E-state index contributed by atoms with van der Waals surface area (Å²) in [7, 11) is -2.61. The predicted octanol–water partition coefficient (Wildman–Crippen LogP) is 5.44. The molecule has 1 fully saturated rings. The molecule has 0 amide bonds. The summed E-state index contributed by atoms with van der Waals surface area (Å²) < 4.78 is 68.3. The summed E-state index contributed by atoms with van der Waals surface area (Å²) in [5.74, 6) is -3.70. The number of esters is 2. The van der Waals surface area contributed by atoms with Crippen molar-refractivity contribution >= 4 is 50.7 Å². The lowest BCUT2D eigenvalue weighted by atomic mass is 9.82. The highest BCUT2D eigenvalue weighted by molar-refractivity contribution is 7.90. The lowest BCUT2D eigenvalue weighted by Gasteiger charge is -2.35. The molecule has 1 aromatic carbocycles. The van der Waals surface area contributed by atoms with Crippen LogP contribution in [0.3, 0.4) is 0 Å². The molecule has 0 saturated heterocycles. The van der Waals surface area contributed by atoms with E-state index in [0.717, 1.165) is 6.07 Å². The molecule has 15 heteroatoms. The van der Waals surface area contributed by atoms with Gasteiger partial charge in [-0.15, -0.1) is 11.3 Å². The van der Waals surface area contributed by atoms with E-state index in [0.29, 0.717) is 29.4 Å². The quantitative estimate of drug-likeness (QED) is 0.263. The normalized spacial score (nSPS) is 21.2. The molecule has 1 aromatic heterocycles. The number of hydrogen-bond acceptors (Lipinski definition) is 10. The number of thiazole rings is 1. The Morgan fingerprint density at radius 3 is 2.38 bits per heavy atom. The maximum Gasteiger partial charge on any atom is 0.338 e. The van der Waals surface area contributed by atoms with Gasteiger partial charge in [-0.3, -0.25) is 9.79 Å². The van der Waals surface area contributed by atoms with Crippen LogP contribution in [0.5, 0.6) is 0 Å². The summed E-state index contributed by atoms with van der Waals surface area (Å²) in [6.45, 7) is 8.33. The first kappa shape index (κ1) is 34.9. The number of sulfonamides is 1. The van der Waals surface area contributed by atoms with Crippen molar-refractivity contribution in [1.82, 2.24) is 15.0 Å². The van der Waals surface area contributed by atoms with Gasteiger partial charge in [-0.25, -0.2) is 31.7 Å². The third kappa shape index (κ3) is 7.90. The summed E-state index contributed by atoms with van der Waals surface area (Å²) in [5, 5.41) is 4.20. The highest BCUT2D eigenvalue weighted by atomic mass is 35.5. The standard InChI is InChI=1S/C30H37ClF2N4O6S2/c1-29(2,3)43-28(39)30(4,5)15-35-45(40,41)17-9-7-16(8-10-17)23-20(27(38)42-6)24(18-11-12-19(32)22(33)21(18)31)37-25(36-23)26-34-13-14-44-26/h11-14,16-17,24,35H,7-10,15H2,1-6H3,(H,36,37). The summed E-state index contributed by atoms with van der Waals surface area (Å²) >= 11 is 7.52. The van der Waals surface area contributed by atoms with E-state index in [4.69, 9.17) is 21.1 Å². The number of carbonyl (C=O) groups is 2. The van der Waals surface area contributed by atoms with Crippen LogP contribution in [0.4, 0.5) is 8.78 Å². The number of allylic oxidation sites excluding steroid dienone is 1. The highest BCUT2D eigenvalue weighted by Gasteiger charge is 2.41. The number of rotatable bonds is 9. The fourth-order valence-electron chi connectivity index (χ4n) is 5.20. The van der Waals surface area contributed by atoms with Crippen LogP contribution in [0.15, 0.2) is 40.0 Å². The van der Waals surface area contributed by atoms with Gasteiger partial charge < -0.3 is 14.8 Å². The van der Waals surface area contributed by atoms with E-state index in [1.54, 1.807) is 46.2 Å². The molecule has 2 aliphatic rings. The SMILES string of the molecule is COC(=O)C1=C(C2CCC(S(=O)(=O)NCC(C)(C)C(=O)OC(C)(C)C)CC2)NC(c2nccs2)=NC1c1ccc(F)c(F)c1Cl. The number of aliphatic imine (C=N–C) groups is 1. The van der Waals surface area contributed by atoms with Crippen LogP contribution in [0.25, 0.3) is 0 Å². The molecular weight excluding hydrogens is 650 g/mol. The summed E-state index contributed by atoms with van der Waals surface area (Å²) in [4.78, 5) is 34.8. The second kappa shape index (κ2) is 13.4. The first-order chi connectivity index (χ1) is 20.9. The van der Waals surface area contributed by atoms with E-state index in [9.17, 15) is 26.8 Å². The summed E-state index contributed by atoms with van der Waals surface area (Å²) in [6, 6.07) is 1.04. The smallest absolute Gasteiger partial charge is 0.338 e. The molecule has 0 spiro atoms. The minimum absolute atomic E-state index is 0.0641. The molecule has 1 unspecified atom stereocenters. The molecule has 0 radical (unpaired) electrons. The Balaban J connectivity index is 1.60. The molecular formula is C30H37ClF2N4O6S2. The van der Waals surface area contributed by atoms with E-state index < -0.39 is 60.9 Å². The van der Waals surface area contributed by atoms with E-state index in [1.807, 2.05) is 0 Å². The van der Waals surface area contributed by atoms with Gasteiger partial charge in [0.1, 0.15) is 11.6 Å². The Bertz CT molecular complexity index is 1610. The van der Waals surface area contributed by atoms with Crippen LogP contribution in [0.1, 0.15) is 76.9 Å². The molecule has 1 saturated carbocycles. The maximum atomic E-state index is 14.6. The van der Waals surface area contributed by atoms with Gasteiger partial charge in [0.2, 0.25) is 10.0 Å². The van der Waals surface area contributed by atoms with Gasteiger partial charge in [0.15, 0.2) is 22.5 Å². The molecule has 10 nitrogen and oxygen atoms in total. The number of nitrogens with zero attached hydrogens (tertiary/aromatic N) is 2. The Morgan fingerprint density at radius 2 is 1.80 bits per heavy atom. The van der Waals surface area contributed by atoms with E-state index in [2.05, 4.69) is 20.0 Å². The Labute approximate surface area is 270 Å². The largest absolute Gasteiger partial charge is 0.466 e. The number of hydrogen-bond donors (Lipinski definition) is 2.